The molecule has 0 radical (unpaired) electrons. The van der Waals surface area contributed by atoms with Crippen molar-refractivity contribution in [3.63, 3.8) is 0 Å². The molecule has 1 aromatic carbocycles. The maximum atomic E-state index is 5.93. The lowest BCUT2D eigenvalue weighted by molar-refractivity contribution is 1.13. The van der Waals surface area contributed by atoms with Crippen LogP contribution in [-0.2, 0) is 6.54 Å². The van der Waals surface area contributed by atoms with E-state index in [9.17, 15) is 0 Å². The molecule has 2 aromatic rings. The minimum absolute atomic E-state index is 0.328. The van der Waals surface area contributed by atoms with Crippen molar-refractivity contribution >= 4 is 34.5 Å². The van der Waals surface area contributed by atoms with Crippen LogP contribution in [0.2, 0.25) is 5.02 Å². The average Bonchev–Trinajstić information content (AvgIpc) is 2.38. The molecule has 0 amide bonds. The zero-order valence-electron chi connectivity index (χ0n) is 9.56. The Labute approximate surface area is 116 Å². The highest BCUT2D eigenvalue weighted by atomic mass is 35.5. The molecule has 5 heteroatoms. The first-order valence-corrected chi connectivity index (χ1v) is 6.17. The second kappa shape index (κ2) is 5.80. The van der Waals surface area contributed by atoms with Crippen molar-refractivity contribution in [1.82, 2.24) is 4.98 Å². The lowest BCUT2D eigenvalue weighted by Gasteiger charge is -2.11. The smallest absolute Gasteiger partial charge is 0.106 e. The Morgan fingerprint density at radius 2 is 2.00 bits per heavy atom. The van der Waals surface area contributed by atoms with E-state index in [1.807, 2.05) is 18.2 Å². The number of benzene rings is 1. The fourth-order valence-corrected chi connectivity index (χ4v) is 1.91. The number of pyridine rings is 1. The monoisotopic (exact) mass is 277 g/mol. The predicted octanol–water partition coefficient (Wildman–Crippen LogP) is 2.98. The molecule has 0 saturated carbocycles. The SMILES string of the molecule is NC(=S)c1cc(Cl)ccc1NCc1ccncc1. The Bertz CT molecular complexity index is 557. The van der Waals surface area contributed by atoms with Crippen molar-refractivity contribution in [3.8, 4) is 0 Å². The Balaban J connectivity index is 2.17. The molecule has 0 aliphatic carbocycles. The molecule has 2 rings (SSSR count). The van der Waals surface area contributed by atoms with Crippen LogP contribution in [0.4, 0.5) is 5.69 Å². The summed E-state index contributed by atoms with van der Waals surface area (Å²) in [5.74, 6) is 0. The first-order valence-electron chi connectivity index (χ1n) is 5.39. The summed E-state index contributed by atoms with van der Waals surface area (Å²) in [4.78, 5) is 4.30. The maximum Gasteiger partial charge on any atom is 0.106 e. The quantitative estimate of drug-likeness (QED) is 0.844. The molecule has 1 heterocycles. The van der Waals surface area contributed by atoms with Gasteiger partial charge in [0, 0.05) is 35.2 Å². The summed E-state index contributed by atoms with van der Waals surface area (Å²) < 4.78 is 0. The molecule has 0 spiro atoms. The highest BCUT2D eigenvalue weighted by Crippen LogP contribution is 2.21. The molecule has 92 valence electrons. The first-order chi connectivity index (χ1) is 8.66. The van der Waals surface area contributed by atoms with Crippen molar-refractivity contribution in [3.05, 3.63) is 58.9 Å². The molecular weight excluding hydrogens is 266 g/mol. The van der Waals surface area contributed by atoms with Gasteiger partial charge in [0.1, 0.15) is 4.99 Å². The lowest BCUT2D eigenvalue weighted by atomic mass is 10.1. The predicted molar refractivity (Wildman–Crippen MR) is 78.9 cm³/mol. The first kappa shape index (κ1) is 12.8. The Morgan fingerprint density at radius 3 is 2.67 bits per heavy atom. The van der Waals surface area contributed by atoms with Crippen LogP contribution < -0.4 is 11.1 Å². The number of rotatable bonds is 4. The maximum absolute atomic E-state index is 5.93. The van der Waals surface area contributed by atoms with Gasteiger partial charge in [-0.3, -0.25) is 4.98 Å². The van der Waals surface area contributed by atoms with Crippen molar-refractivity contribution in [2.45, 2.75) is 6.54 Å². The van der Waals surface area contributed by atoms with Crippen molar-refractivity contribution in [1.29, 1.82) is 0 Å². The fourth-order valence-electron chi connectivity index (χ4n) is 1.57. The van der Waals surface area contributed by atoms with Crippen molar-refractivity contribution in [2.24, 2.45) is 5.73 Å². The zero-order chi connectivity index (χ0) is 13.0. The number of nitrogens with one attached hydrogen (secondary N) is 1. The van der Waals surface area contributed by atoms with Gasteiger partial charge in [-0.05, 0) is 35.9 Å². The average molecular weight is 278 g/mol. The number of nitrogens with zero attached hydrogens (tertiary/aromatic N) is 1. The van der Waals surface area contributed by atoms with E-state index in [1.165, 1.54) is 0 Å². The van der Waals surface area contributed by atoms with Gasteiger partial charge in [-0.2, -0.15) is 0 Å². The number of hydrogen-bond donors (Lipinski definition) is 2. The molecule has 1 aromatic heterocycles. The molecule has 3 N–H and O–H groups in total. The van der Waals surface area contributed by atoms with Crippen LogP contribution in [0.1, 0.15) is 11.1 Å². The Kier molecular flexibility index (Phi) is 4.12. The third-order valence-corrected chi connectivity index (χ3v) is 2.93. The topological polar surface area (TPSA) is 50.9 Å². The van der Waals surface area contributed by atoms with Gasteiger partial charge >= 0.3 is 0 Å². The van der Waals surface area contributed by atoms with Crippen LogP contribution in [0.5, 0.6) is 0 Å². The van der Waals surface area contributed by atoms with Gasteiger partial charge in [-0.15, -0.1) is 0 Å². The van der Waals surface area contributed by atoms with Gasteiger partial charge in [0.05, 0.1) is 0 Å². The second-order valence-corrected chi connectivity index (χ2v) is 4.64. The standard InChI is InChI=1S/C13H12ClN3S/c14-10-1-2-12(11(7-10)13(15)18)17-8-9-3-5-16-6-4-9/h1-7,17H,8H2,(H2,15,18). The van der Waals surface area contributed by atoms with Gasteiger partial charge < -0.3 is 11.1 Å². The van der Waals surface area contributed by atoms with E-state index in [2.05, 4.69) is 10.3 Å². The van der Waals surface area contributed by atoms with E-state index < -0.39 is 0 Å². The molecule has 0 saturated heterocycles. The summed E-state index contributed by atoms with van der Waals surface area (Å²) in [7, 11) is 0. The summed E-state index contributed by atoms with van der Waals surface area (Å²) in [5, 5.41) is 3.90. The minimum atomic E-state index is 0.328. The number of nitrogens with two attached hydrogens (primary N) is 1. The highest BCUT2D eigenvalue weighted by molar-refractivity contribution is 7.80. The summed E-state index contributed by atoms with van der Waals surface area (Å²) in [6.07, 6.45) is 3.51. The van der Waals surface area contributed by atoms with Crippen LogP contribution >= 0.6 is 23.8 Å². The van der Waals surface area contributed by atoms with Gasteiger partial charge in [0.15, 0.2) is 0 Å². The molecule has 0 aliphatic heterocycles. The normalized spacial score (nSPS) is 10.1. The molecular formula is C13H12ClN3S. The molecule has 3 nitrogen and oxygen atoms in total. The van der Waals surface area contributed by atoms with Crippen LogP contribution in [-0.4, -0.2) is 9.97 Å². The van der Waals surface area contributed by atoms with Crippen LogP contribution in [0.25, 0.3) is 0 Å². The summed E-state index contributed by atoms with van der Waals surface area (Å²) in [5.41, 5.74) is 8.44. The van der Waals surface area contributed by atoms with Gasteiger partial charge in [0.2, 0.25) is 0 Å². The van der Waals surface area contributed by atoms with E-state index >= 15 is 0 Å². The van der Waals surface area contributed by atoms with E-state index in [4.69, 9.17) is 29.6 Å². The number of anilines is 1. The fraction of sp³-hybridized carbons (Fsp3) is 0.0769. The van der Waals surface area contributed by atoms with Gasteiger partial charge in [-0.1, -0.05) is 23.8 Å². The molecule has 0 fully saturated rings. The second-order valence-electron chi connectivity index (χ2n) is 3.76. The molecule has 0 atom stereocenters. The summed E-state index contributed by atoms with van der Waals surface area (Å²) >= 11 is 10.9. The third-order valence-electron chi connectivity index (χ3n) is 2.48. The van der Waals surface area contributed by atoms with Gasteiger partial charge in [0.25, 0.3) is 0 Å². The third kappa shape index (κ3) is 3.18. The van der Waals surface area contributed by atoms with E-state index in [-0.39, 0.29) is 0 Å². The van der Waals surface area contributed by atoms with E-state index in [1.54, 1.807) is 24.5 Å². The number of halogens is 1. The largest absolute Gasteiger partial charge is 0.389 e. The van der Waals surface area contributed by atoms with Gasteiger partial charge in [-0.25, -0.2) is 0 Å². The van der Waals surface area contributed by atoms with Crippen LogP contribution in [0.3, 0.4) is 0 Å². The molecule has 0 unspecified atom stereocenters. The number of hydrogen-bond acceptors (Lipinski definition) is 3. The van der Waals surface area contributed by atoms with Crippen molar-refractivity contribution in [2.75, 3.05) is 5.32 Å². The molecule has 0 aliphatic rings. The van der Waals surface area contributed by atoms with Crippen LogP contribution in [0, 0.1) is 0 Å². The molecule has 18 heavy (non-hydrogen) atoms. The number of aromatic nitrogens is 1. The Hall–Kier alpha value is -1.65. The Morgan fingerprint density at radius 1 is 1.28 bits per heavy atom. The van der Waals surface area contributed by atoms with E-state index in [0.717, 1.165) is 16.8 Å². The van der Waals surface area contributed by atoms with Crippen molar-refractivity contribution < 1.29 is 0 Å². The number of thiocarbonyl (C=S) groups is 1. The zero-order valence-corrected chi connectivity index (χ0v) is 11.1. The summed E-state index contributed by atoms with van der Waals surface area (Å²) in [6, 6.07) is 9.34. The molecule has 0 bridgehead atoms. The summed E-state index contributed by atoms with van der Waals surface area (Å²) in [6.45, 7) is 0.680. The highest BCUT2D eigenvalue weighted by Gasteiger charge is 2.05. The van der Waals surface area contributed by atoms with Crippen LogP contribution in [0.15, 0.2) is 42.7 Å². The minimum Gasteiger partial charge on any atom is -0.389 e. The lowest BCUT2D eigenvalue weighted by Crippen LogP contribution is -2.13. The van der Waals surface area contributed by atoms with E-state index in [0.29, 0.717) is 16.6 Å².